The zero-order valence-electron chi connectivity index (χ0n) is 13.0. The lowest BCUT2D eigenvalue weighted by molar-refractivity contribution is -0.145. The van der Waals surface area contributed by atoms with Crippen LogP contribution in [0.25, 0.3) is 0 Å². The summed E-state index contributed by atoms with van der Waals surface area (Å²) in [6.45, 7) is 7.78. The van der Waals surface area contributed by atoms with Gasteiger partial charge in [-0.3, -0.25) is 9.59 Å². The third kappa shape index (κ3) is 3.49. The molecule has 0 aliphatic rings. The Balaban J connectivity index is 3.45. The SMILES string of the molecule is CCCC(C(=O)OCC)c1cc(C#N)c(C=O)c(C)c1C. The number of hydrogen-bond acceptors (Lipinski definition) is 4. The summed E-state index contributed by atoms with van der Waals surface area (Å²) < 4.78 is 5.14. The maximum Gasteiger partial charge on any atom is 0.313 e. The minimum Gasteiger partial charge on any atom is -0.466 e. The number of hydrogen-bond donors (Lipinski definition) is 0. The van der Waals surface area contributed by atoms with Gasteiger partial charge in [0, 0.05) is 5.56 Å². The number of aldehydes is 1. The van der Waals surface area contributed by atoms with Crippen molar-refractivity contribution in [3.8, 4) is 6.07 Å². The van der Waals surface area contributed by atoms with Gasteiger partial charge in [-0.25, -0.2) is 0 Å². The molecule has 0 aliphatic carbocycles. The highest BCUT2D eigenvalue weighted by Crippen LogP contribution is 2.30. The van der Waals surface area contributed by atoms with Crippen LogP contribution in [0.3, 0.4) is 0 Å². The second-order valence-electron chi connectivity index (χ2n) is 5.00. The van der Waals surface area contributed by atoms with Gasteiger partial charge < -0.3 is 4.74 Å². The van der Waals surface area contributed by atoms with Crippen LogP contribution >= 0.6 is 0 Å². The van der Waals surface area contributed by atoms with E-state index in [1.165, 1.54) is 0 Å². The van der Waals surface area contributed by atoms with Crippen LogP contribution in [0.1, 0.15) is 65.2 Å². The quantitative estimate of drug-likeness (QED) is 0.594. The van der Waals surface area contributed by atoms with Crippen LogP contribution in [0.15, 0.2) is 6.07 Å². The molecule has 1 aromatic rings. The van der Waals surface area contributed by atoms with E-state index in [-0.39, 0.29) is 11.9 Å². The van der Waals surface area contributed by atoms with Gasteiger partial charge in [0.2, 0.25) is 0 Å². The van der Waals surface area contributed by atoms with Crippen molar-refractivity contribution < 1.29 is 14.3 Å². The zero-order chi connectivity index (χ0) is 16.0. The number of carbonyl (C=O) groups excluding carboxylic acids is 2. The van der Waals surface area contributed by atoms with E-state index in [2.05, 4.69) is 0 Å². The van der Waals surface area contributed by atoms with E-state index < -0.39 is 0 Å². The highest BCUT2D eigenvalue weighted by atomic mass is 16.5. The van der Waals surface area contributed by atoms with Crippen molar-refractivity contribution in [3.63, 3.8) is 0 Å². The Morgan fingerprint density at radius 2 is 2.05 bits per heavy atom. The Hall–Kier alpha value is -2.15. The van der Waals surface area contributed by atoms with Crippen LogP contribution in [0, 0.1) is 25.2 Å². The summed E-state index contributed by atoms with van der Waals surface area (Å²) in [5.41, 5.74) is 3.13. The lowest BCUT2D eigenvalue weighted by Gasteiger charge is -2.20. The van der Waals surface area contributed by atoms with Crippen molar-refractivity contribution in [2.24, 2.45) is 0 Å². The zero-order valence-corrected chi connectivity index (χ0v) is 13.0. The highest BCUT2D eigenvalue weighted by Gasteiger charge is 2.25. The van der Waals surface area contributed by atoms with E-state index in [0.29, 0.717) is 30.4 Å². The summed E-state index contributed by atoms with van der Waals surface area (Å²) >= 11 is 0. The Morgan fingerprint density at radius 3 is 2.52 bits per heavy atom. The molecule has 1 rings (SSSR count). The van der Waals surface area contributed by atoms with E-state index >= 15 is 0 Å². The normalized spacial score (nSPS) is 11.6. The topological polar surface area (TPSA) is 67.2 Å². The molecule has 0 saturated heterocycles. The van der Waals surface area contributed by atoms with Crippen LogP contribution in [0.2, 0.25) is 0 Å². The lowest BCUT2D eigenvalue weighted by atomic mass is 9.85. The molecule has 4 heteroatoms. The van der Waals surface area contributed by atoms with Gasteiger partial charge in [0.05, 0.1) is 24.2 Å². The van der Waals surface area contributed by atoms with Crippen LogP contribution in [-0.2, 0) is 9.53 Å². The number of rotatable bonds is 6. The summed E-state index contributed by atoms with van der Waals surface area (Å²) in [5, 5.41) is 9.22. The van der Waals surface area contributed by atoms with Gasteiger partial charge in [0.1, 0.15) is 0 Å². The maximum atomic E-state index is 12.2. The molecule has 112 valence electrons. The Morgan fingerprint density at radius 1 is 1.38 bits per heavy atom. The van der Waals surface area contributed by atoms with E-state index in [1.807, 2.05) is 19.9 Å². The summed E-state index contributed by atoms with van der Waals surface area (Å²) in [4.78, 5) is 23.3. The molecule has 0 aromatic heterocycles. The molecular weight excluding hydrogens is 266 g/mol. The fraction of sp³-hybridized carbons (Fsp3) is 0.471. The molecular formula is C17H21NO3. The largest absolute Gasteiger partial charge is 0.466 e. The molecule has 0 aliphatic heterocycles. The highest BCUT2D eigenvalue weighted by molar-refractivity contribution is 5.85. The second kappa shape index (κ2) is 7.58. The standard InChI is InChI=1S/C17H21NO3/c1-5-7-14(17(20)21-6-2)15-8-13(9-18)16(10-19)12(4)11(15)3/h8,10,14H,5-7H2,1-4H3. The first-order valence-corrected chi connectivity index (χ1v) is 7.17. The molecule has 1 atom stereocenters. The smallest absolute Gasteiger partial charge is 0.313 e. The first-order valence-electron chi connectivity index (χ1n) is 7.17. The van der Waals surface area contributed by atoms with E-state index in [4.69, 9.17) is 4.74 Å². The number of esters is 1. The lowest BCUT2D eigenvalue weighted by Crippen LogP contribution is -2.18. The van der Waals surface area contributed by atoms with E-state index in [0.717, 1.165) is 23.1 Å². The molecule has 21 heavy (non-hydrogen) atoms. The molecule has 0 heterocycles. The molecule has 0 bridgehead atoms. The summed E-state index contributed by atoms with van der Waals surface area (Å²) in [6, 6.07) is 3.70. The minimum absolute atomic E-state index is 0.274. The summed E-state index contributed by atoms with van der Waals surface area (Å²) in [5.74, 6) is -0.661. The van der Waals surface area contributed by atoms with Crippen molar-refractivity contribution in [1.29, 1.82) is 5.26 Å². The number of benzene rings is 1. The third-order valence-corrected chi connectivity index (χ3v) is 3.75. The van der Waals surface area contributed by atoms with Crippen molar-refractivity contribution >= 4 is 12.3 Å². The third-order valence-electron chi connectivity index (χ3n) is 3.75. The molecule has 0 radical (unpaired) electrons. The van der Waals surface area contributed by atoms with Crippen LogP contribution < -0.4 is 0 Å². The average molecular weight is 287 g/mol. The van der Waals surface area contributed by atoms with Crippen molar-refractivity contribution in [3.05, 3.63) is 33.9 Å². The van der Waals surface area contributed by atoms with Crippen LogP contribution in [0.5, 0.6) is 0 Å². The van der Waals surface area contributed by atoms with Crippen LogP contribution in [0.4, 0.5) is 0 Å². The molecule has 0 N–H and O–H groups in total. The first kappa shape index (κ1) is 16.9. The molecule has 0 amide bonds. The molecule has 1 unspecified atom stereocenters. The van der Waals surface area contributed by atoms with E-state index in [9.17, 15) is 14.9 Å². The van der Waals surface area contributed by atoms with Gasteiger partial charge in [0.25, 0.3) is 0 Å². The number of nitriles is 1. The number of nitrogens with zero attached hydrogens (tertiary/aromatic N) is 1. The molecule has 0 fully saturated rings. The number of ether oxygens (including phenoxy) is 1. The van der Waals surface area contributed by atoms with Crippen LogP contribution in [-0.4, -0.2) is 18.9 Å². The maximum absolute atomic E-state index is 12.2. The van der Waals surface area contributed by atoms with Crippen molar-refractivity contribution in [1.82, 2.24) is 0 Å². The molecule has 0 spiro atoms. The molecule has 4 nitrogen and oxygen atoms in total. The second-order valence-corrected chi connectivity index (χ2v) is 5.00. The Labute approximate surface area is 125 Å². The van der Waals surface area contributed by atoms with Gasteiger partial charge in [-0.1, -0.05) is 13.3 Å². The van der Waals surface area contributed by atoms with Gasteiger partial charge in [-0.2, -0.15) is 5.26 Å². The van der Waals surface area contributed by atoms with Gasteiger partial charge in [0.15, 0.2) is 6.29 Å². The summed E-state index contributed by atoms with van der Waals surface area (Å²) in [6.07, 6.45) is 2.19. The fourth-order valence-electron chi connectivity index (χ4n) is 2.50. The molecule has 0 saturated carbocycles. The summed E-state index contributed by atoms with van der Waals surface area (Å²) in [7, 11) is 0. The number of carbonyl (C=O) groups is 2. The monoisotopic (exact) mass is 287 g/mol. The van der Waals surface area contributed by atoms with Gasteiger partial charge in [-0.15, -0.1) is 0 Å². The Kier molecular flexibility index (Phi) is 6.10. The fourth-order valence-corrected chi connectivity index (χ4v) is 2.50. The Bertz CT molecular complexity index is 585. The van der Waals surface area contributed by atoms with Gasteiger partial charge >= 0.3 is 5.97 Å². The van der Waals surface area contributed by atoms with E-state index in [1.54, 1.807) is 19.9 Å². The molecule has 1 aromatic carbocycles. The minimum atomic E-state index is -0.388. The van der Waals surface area contributed by atoms with Crippen molar-refractivity contribution in [2.45, 2.75) is 46.5 Å². The van der Waals surface area contributed by atoms with Crippen molar-refractivity contribution in [2.75, 3.05) is 6.61 Å². The average Bonchev–Trinajstić information content (AvgIpc) is 2.48. The van der Waals surface area contributed by atoms with Gasteiger partial charge in [-0.05, 0) is 49.9 Å². The first-order chi connectivity index (χ1) is 10.0. The predicted octanol–water partition coefficient (Wildman–Crippen LogP) is 3.43. The predicted molar refractivity (Wildman–Crippen MR) is 80.3 cm³/mol.